The number of hydrogen-bond acceptors (Lipinski definition) is 2. The van der Waals surface area contributed by atoms with Gasteiger partial charge in [0, 0.05) is 5.56 Å². The van der Waals surface area contributed by atoms with E-state index in [1.54, 1.807) is 0 Å². The third-order valence-corrected chi connectivity index (χ3v) is 2.71. The van der Waals surface area contributed by atoms with E-state index in [0.717, 1.165) is 23.3 Å². The first-order valence-corrected chi connectivity index (χ1v) is 6.04. The zero-order valence-electron chi connectivity index (χ0n) is 11.0. The SMILES string of the molecule is CCCOc1cc(C)c(C(N)=O)cc1C(C)C. The first-order chi connectivity index (χ1) is 7.97. The van der Waals surface area contributed by atoms with Crippen LogP contribution in [0.15, 0.2) is 12.1 Å². The van der Waals surface area contributed by atoms with Crippen LogP contribution in [0.25, 0.3) is 0 Å². The normalized spacial score (nSPS) is 10.6. The standard InChI is InChI=1S/C14H21NO2/c1-5-6-17-13-7-10(4)12(14(15)16)8-11(13)9(2)3/h7-9H,5-6H2,1-4H3,(H2,15,16). The maximum atomic E-state index is 11.3. The van der Waals surface area contributed by atoms with Gasteiger partial charge >= 0.3 is 0 Å². The molecule has 0 aromatic heterocycles. The third-order valence-electron chi connectivity index (χ3n) is 2.71. The lowest BCUT2D eigenvalue weighted by atomic mass is 9.96. The molecular formula is C14H21NO2. The average Bonchev–Trinajstić information content (AvgIpc) is 2.25. The van der Waals surface area contributed by atoms with Gasteiger partial charge in [-0.05, 0) is 42.5 Å². The first-order valence-electron chi connectivity index (χ1n) is 6.04. The molecule has 0 saturated heterocycles. The minimum Gasteiger partial charge on any atom is -0.493 e. The zero-order valence-corrected chi connectivity index (χ0v) is 11.0. The minimum atomic E-state index is -0.383. The van der Waals surface area contributed by atoms with Crippen molar-refractivity contribution in [2.24, 2.45) is 5.73 Å². The fourth-order valence-corrected chi connectivity index (χ4v) is 1.75. The van der Waals surface area contributed by atoms with Crippen molar-refractivity contribution in [2.45, 2.75) is 40.0 Å². The lowest BCUT2D eigenvalue weighted by molar-refractivity contribution is 0.0999. The van der Waals surface area contributed by atoms with E-state index in [-0.39, 0.29) is 5.91 Å². The Kier molecular flexibility index (Phi) is 4.55. The summed E-state index contributed by atoms with van der Waals surface area (Å²) in [4.78, 5) is 11.3. The molecule has 0 heterocycles. The summed E-state index contributed by atoms with van der Waals surface area (Å²) in [7, 11) is 0. The highest BCUT2D eigenvalue weighted by Crippen LogP contribution is 2.29. The Hall–Kier alpha value is -1.51. The average molecular weight is 235 g/mol. The molecule has 0 aliphatic heterocycles. The van der Waals surface area contributed by atoms with Crippen molar-refractivity contribution in [2.75, 3.05) is 6.61 Å². The summed E-state index contributed by atoms with van der Waals surface area (Å²) in [6.45, 7) is 8.79. The van der Waals surface area contributed by atoms with E-state index in [4.69, 9.17) is 10.5 Å². The topological polar surface area (TPSA) is 52.3 Å². The summed E-state index contributed by atoms with van der Waals surface area (Å²) in [5.74, 6) is 0.788. The van der Waals surface area contributed by atoms with Gasteiger partial charge in [-0.15, -0.1) is 0 Å². The highest BCUT2D eigenvalue weighted by Gasteiger charge is 2.14. The van der Waals surface area contributed by atoms with Crippen molar-refractivity contribution < 1.29 is 9.53 Å². The van der Waals surface area contributed by atoms with E-state index in [2.05, 4.69) is 20.8 Å². The summed E-state index contributed by atoms with van der Waals surface area (Å²) in [5, 5.41) is 0. The molecule has 0 atom stereocenters. The highest BCUT2D eigenvalue weighted by atomic mass is 16.5. The Morgan fingerprint density at radius 2 is 2.06 bits per heavy atom. The van der Waals surface area contributed by atoms with Crippen LogP contribution in [0.1, 0.15) is 54.6 Å². The minimum absolute atomic E-state index is 0.306. The Balaban J connectivity index is 3.20. The van der Waals surface area contributed by atoms with Crippen LogP contribution >= 0.6 is 0 Å². The van der Waals surface area contributed by atoms with Crippen molar-refractivity contribution in [3.63, 3.8) is 0 Å². The van der Waals surface area contributed by atoms with Gasteiger partial charge in [0.15, 0.2) is 0 Å². The maximum absolute atomic E-state index is 11.3. The van der Waals surface area contributed by atoms with Gasteiger partial charge < -0.3 is 10.5 Å². The summed E-state index contributed by atoms with van der Waals surface area (Å²) < 4.78 is 5.71. The molecule has 0 saturated carbocycles. The predicted molar refractivity (Wildman–Crippen MR) is 69.6 cm³/mol. The number of amides is 1. The number of carbonyl (C=O) groups excluding carboxylic acids is 1. The molecule has 94 valence electrons. The van der Waals surface area contributed by atoms with Crippen LogP contribution < -0.4 is 10.5 Å². The predicted octanol–water partition coefficient (Wildman–Crippen LogP) is 3.01. The van der Waals surface area contributed by atoms with Crippen LogP contribution in [0, 0.1) is 6.92 Å². The van der Waals surface area contributed by atoms with Crippen molar-refractivity contribution in [3.05, 3.63) is 28.8 Å². The monoisotopic (exact) mass is 235 g/mol. The fourth-order valence-electron chi connectivity index (χ4n) is 1.75. The van der Waals surface area contributed by atoms with Crippen LogP contribution in [0.3, 0.4) is 0 Å². The Morgan fingerprint density at radius 1 is 1.41 bits per heavy atom. The van der Waals surface area contributed by atoms with Gasteiger partial charge in [0.25, 0.3) is 0 Å². The van der Waals surface area contributed by atoms with E-state index in [1.807, 2.05) is 19.1 Å². The lowest BCUT2D eigenvalue weighted by Crippen LogP contribution is -2.14. The molecule has 1 aromatic rings. The number of ether oxygens (including phenoxy) is 1. The number of rotatable bonds is 5. The Labute approximate surface area is 103 Å². The molecule has 0 aliphatic carbocycles. The van der Waals surface area contributed by atoms with Crippen molar-refractivity contribution in [3.8, 4) is 5.75 Å². The summed E-state index contributed by atoms with van der Waals surface area (Å²) in [6.07, 6.45) is 0.966. The molecule has 0 radical (unpaired) electrons. The molecule has 0 bridgehead atoms. The molecule has 0 aliphatic rings. The maximum Gasteiger partial charge on any atom is 0.248 e. The van der Waals surface area contributed by atoms with Gasteiger partial charge in [0.1, 0.15) is 5.75 Å². The first kappa shape index (κ1) is 13.6. The van der Waals surface area contributed by atoms with Crippen LogP contribution in [0.2, 0.25) is 0 Å². The molecule has 2 N–H and O–H groups in total. The van der Waals surface area contributed by atoms with Gasteiger partial charge in [-0.25, -0.2) is 0 Å². The molecular weight excluding hydrogens is 214 g/mol. The molecule has 17 heavy (non-hydrogen) atoms. The zero-order chi connectivity index (χ0) is 13.0. The number of carbonyl (C=O) groups is 1. The van der Waals surface area contributed by atoms with Gasteiger partial charge in [0.2, 0.25) is 5.91 Å². The molecule has 0 spiro atoms. The van der Waals surface area contributed by atoms with Gasteiger partial charge in [-0.1, -0.05) is 20.8 Å². The second-order valence-corrected chi connectivity index (χ2v) is 4.57. The van der Waals surface area contributed by atoms with E-state index < -0.39 is 0 Å². The number of aryl methyl sites for hydroxylation is 1. The number of hydrogen-bond donors (Lipinski definition) is 1. The molecule has 3 heteroatoms. The second kappa shape index (κ2) is 5.71. The molecule has 1 rings (SSSR count). The van der Waals surface area contributed by atoms with E-state index in [0.29, 0.717) is 18.1 Å². The third kappa shape index (κ3) is 3.22. The second-order valence-electron chi connectivity index (χ2n) is 4.57. The number of benzene rings is 1. The summed E-state index contributed by atoms with van der Waals surface area (Å²) >= 11 is 0. The van der Waals surface area contributed by atoms with Crippen LogP contribution in [-0.2, 0) is 0 Å². The van der Waals surface area contributed by atoms with Crippen LogP contribution in [0.4, 0.5) is 0 Å². The molecule has 1 aromatic carbocycles. The summed E-state index contributed by atoms with van der Waals surface area (Å²) in [5.41, 5.74) is 7.84. The van der Waals surface area contributed by atoms with Gasteiger partial charge in [0.05, 0.1) is 6.61 Å². The molecule has 3 nitrogen and oxygen atoms in total. The van der Waals surface area contributed by atoms with Crippen molar-refractivity contribution >= 4 is 5.91 Å². The Bertz CT molecular complexity index is 411. The smallest absolute Gasteiger partial charge is 0.248 e. The number of primary amides is 1. The van der Waals surface area contributed by atoms with Gasteiger partial charge in [-0.2, -0.15) is 0 Å². The van der Waals surface area contributed by atoms with Crippen molar-refractivity contribution in [1.82, 2.24) is 0 Å². The van der Waals surface area contributed by atoms with Crippen LogP contribution in [-0.4, -0.2) is 12.5 Å². The van der Waals surface area contributed by atoms with E-state index >= 15 is 0 Å². The molecule has 0 unspecified atom stereocenters. The van der Waals surface area contributed by atoms with E-state index in [9.17, 15) is 4.79 Å². The van der Waals surface area contributed by atoms with Crippen LogP contribution in [0.5, 0.6) is 5.75 Å². The van der Waals surface area contributed by atoms with E-state index in [1.165, 1.54) is 0 Å². The largest absolute Gasteiger partial charge is 0.493 e. The van der Waals surface area contributed by atoms with Crippen molar-refractivity contribution in [1.29, 1.82) is 0 Å². The Morgan fingerprint density at radius 3 is 2.53 bits per heavy atom. The quantitative estimate of drug-likeness (QED) is 0.853. The number of nitrogens with two attached hydrogens (primary N) is 1. The lowest BCUT2D eigenvalue weighted by Gasteiger charge is -2.16. The fraction of sp³-hybridized carbons (Fsp3) is 0.500. The highest BCUT2D eigenvalue weighted by molar-refractivity contribution is 5.94. The molecule has 0 fully saturated rings. The van der Waals surface area contributed by atoms with Gasteiger partial charge in [-0.3, -0.25) is 4.79 Å². The summed E-state index contributed by atoms with van der Waals surface area (Å²) in [6, 6.07) is 3.76. The molecule has 1 amide bonds.